The number of carbonyl (C=O) groups excluding carboxylic acids is 5. The number of carbonyl (C=O) groups is 5. The molecule has 14 heteroatoms. The molecule has 5 N–H and O–H groups in total. The van der Waals surface area contributed by atoms with Crippen LogP contribution in [0.5, 0.6) is 0 Å². The number of ketones is 1. The second-order valence-corrected chi connectivity index (χ2v) is 18.0. The number of hydrogen-bond acceptors (Lipinski definition) is 13. The summed E-state index contributed by atoms with van der Waals surface area (Å²) in [6, 6.07) is 14.8. The number of benzene rings is 2. The maximum absolute atomic E-state index is 15.0. The number of ether oxygens (including phenoxy) is 4. The molecule has 4 aliphatic carbocycles. The van der Waals surface area contributed by atoms with E-state index in [1.54, 1.807) is 83.1 Å². The zero-order chi connectivity index (χ0) is 42.7. The van der Waals surface area contributed by atoms with Crippen molar-refractivity contribution in [2.75, 3.05) is 0 Å². The first-order valence-electron chi connectivity index (χ1n) is 19.7. The van der Waals surface area contributed by atoms with Crippen molar-refractivity contribution in [3.8, 4) is 0 Å². The van der Waals surface area contributed by atoms with Crippen molar-refractivity contribution in [3.63, 3.8) is 0 Å². The molecule has 58 heavy (non-hydrogen) atoms. The van der Waals surface area contributed by atoms with Crippen LogP contribution in [-0.2, 0) is 33.3 Å². The zero-order valence-electron chi connectivity index (χ0n) is 34.2. The molecule has 0 aliphatic heterocycles. The Balaban J connectivity index is 1.49. The first-order valence-corrected chi connectivity index (χ1v) is 19.7. The quantitative estimate of drug-likeness (QED) is 0.143. The number of esters is 3. The van der Waals surface area contributed by atoms with E-state index in [0.29, 0.717) is 12.0 Å². The lowest BCUT2D eigenvalue weighted by atomic mass is 9.41. The number of Topliss-reactive ketones (excluding diaryl/α,β-unsaturated/α-hetero) is 1. The van der Waals surface area contributed by atoms with Gasteiger partial charge < -0.3 is 44.7 Å². The standard InChI is InChI=1S/C44H55NO13/c1-23-28(55-38(52)33(49)31(25-15-11-9-12-16-25)45-39(53)58-40(3,4)5)22-44(54)36(56-37(51)26-17-13-10-14-18-26)34-42(8,35(50)32(48)30(23)41(44,6)7)29(47)21-27-19-20-43(27,34)57-24(2)46/h9-18,27-29,31-34,36,47-49,54H,19-22H2,1-8H3,(H,45,53)/t27-,28+,29+,31+,32-,33-,34+,36+,42-,43+,44-/m1/s1. The first-order chi connectivity index (χ1) is 27.0. The molecule has 6 rings (SSSR count). The fourth-order valence-electron chi connectivity index (χ4n) is 10.1. The number of hydrogen-bond donors (Lipinski definition) is 5. The van der Waals surface area contributed by atoms with E-state index in [1.165, 1.54) is 32.9 Å². The predicted octanol–water partition coefficient (Wildman–Crippen LogP) is 4.27. The molecule has 4 aliphatic rings. The summed E-state index contributed by atoms with van der Waals surface area (Å²) in [4.78, 5) is 69.1. The van der Waals surface area contributed by atoms with Crippen LogP contribution in [-0.4, -0.2) is 97.5 Å². The minimum atomic E-state index is -2.30. The van der Waals surface area contributed by atoms with Crippen molar-refractivity contribution in [1.29, 1.82) is 0 Å². The lowest BCUT2D eigenvalue weighted by molar-refractivity contribution is -0.296. The molecule has 1 amide bonds. The number of aliphatic hydroxyl groups is 4. The number of fused-ring (bicyclic) bond motifs is 5. The molecule has 2 bridgehead atoms. The third-order valence-electron chi connectivity index (χ3n) is 13.2. The van der Waals surface area contributed by atoms with Crippen LogP contribution in [0.15, 0.2) is 71.8 Å². The normalized spacial score (nSPS) is 33.7. The highest BCUT2D eigenvalue weighted by Gasteiger charge is 2.77. The van der Waals surface area contributed by atoms with E-state index in [1.807, 2.05) is 0 Å². The van der Waals surface area contributed by atoms with Crippen LogP contribution in [0.1, 0.15) is 103 Å². The lowest BCUT2D eigenvalue weighted by Crippen LogP contribution is -2.78. The molecule has 0 radical (unpaired) electrons. The minimum absolute atomic E-state index is 0.0325. The summed E-state index contributed by atoms with van der Waals surface area (Å²) in [5.74, 6) is -5.53. The van der Waals surface area contributed by atoms with Gasteiger partial charge in [0.15, 0.2) is 11.9 Å². The van der Waals surface area contributed by atoms with Gasteiger partial charge in [0.2, 0.25) is 0 Å². The van der Waals surface area contributed by atoms with Gasteiger partial charge in [-0.2, -0.15) is 0 Å². The van der Waals surface area contributed by atoms with Gasteiger partial charge in [0, 0.05) is 24.7 Å². The van der Waals surface area contributed by atoms with Gasteiger partial charge in [-0.05, 0) is 82.7 Å². The summed E-state index contributed by atoms with van der Waals surface area (Å²) >= 11 is 0. The Labute approximate surface area is 337 Å². The molecule has 0 unspecified atom stereocenters. The van der Waals surface area contributed by atoms with Gasteiger partial charge in [-0.3, -0.25) is 9.59 Å². The highest BCUT2D eigenvalue weighted by Crippen LogP contribution is 2.67. The largest absolute Gasteiger partial charge is 0.458 e. The monoisotopic (exact) mass is 805 g/mol. The predicted molar refractivity (Wildman–Crippen MR) is 207 cm³/mol. The second kappa shape index (κ2) is 15.2. The Morgan fingerprint density at radius 3 is 2.09 bits per heavy atom. The maximum atomic E-state index is 15.0. The average molecular weight is 806 g/mol. The van der Waals surface area contributed by atoms with E-state index in [-0.39, 0.29) is 29.6 Å². The summed E-state index contributed by atoms with van der Waals surface area (Å²) in [5.41, 5.74) is -7.63. The van der Waals surface area contributed by atoms with Crippen molar-refractivity contribution in [1.82, 2.24) is 5.32 Å². The maximum Gasteiger partial charge on any atom is 0.408 e. The number of aliphatic hydroxyl groups excluding tert-OH is 3. The molecular weight excluding hydrogens is 750 g/mol. The Morgan fingerprint density at radius 2 is 1.53 bits per heavy atom. The van der Waals surface area contributed by atoms with Crippen LogP contribution in [0.2, 0.25) is 0 Å². The van der Waals surface area contributed by atoms with Gasteiger partial charge in [-0.25, -0.2) is 14.4 Å². The van der Waals surface area contributed by atoms with Gasteiger partial charge in [0.05, 0.1) is 29.0 Å². The van der Waals surface area contributed by atoms with E-state index in [2.05, 4.69) is 5.32 Å². The Hall–Kier alpha value is -4.63. The number of alkyl carbamates (subject to hydrolysis) is 1. The molecular formula is C44H55NO13. The van der Waals surface area contributed by atoms with E-state index in [4.69, 9.17) is 18.9 Å². The summed E-state index contributed by atoms with van der Waals surface area (Å²) < 4.78 is 23.9. The summed E-state index contributed by atoms with van der Waals surface area (Å²) in [5, 5.41) is 51.7. The Bertz CT molecular complexity index is 1970. The number of rotatable bonds is 8. The van der Waals surface area contributed by atoms with Crippen LogP contribution in [0.25, 0.3) is 0 Å². The SMILES string of the molecule is CC(=O)O[C@@]12CC[C@@H]1C[C@H](O)[C@@]1(C)C(=O)[C@H](O)C3=C(C)[C@@H](OC(=O)[C@H](O)[C@@H](NC(=O)OC(C)(C)C)c4ccccc4)C[C@@](O)([C@@H](OC(=O)c4ccccc4)[C@H]21)C3(C)C. The minimum Gasteiger partial charge on any atom is -0.458 e. The Morgan fingerprint density at radius 1 is 0.931 bits per heavy atom. The van der Waals surface area contributed by atoms with E-state index < -0.39 is 112 Å². The van der Waals surface area contributed by atoms with Gasteiger partial charge >= 0.3 is 24.0 Å². The van der Waals surface area contributed by atoms with E-state index in [9.17, 15) is 44.4 Å². The van der Waals surface area contributed by atoms with Crippen molar-refractivity contribution in [2.24, 2.45) is 22.7 Å². The molecule has 11 atom stereocenters. The fraction of sp³-hybridized carbons (Fsp3) is 0.568. The molecule has 314 valence electrons. The van der Waals surface area contributed by atoms with Crippen molar-refractivity contribution < 1.29 is 63.3 Å². The molecule has 2 aromatic carbocycles. The summed E-state index contributed by atoms with van der Waals surface area (Å²) in [6.45, 7) is 12.3. The van der Waals surface area contributed by atoms with Crippen molar-refractivity contribution in [3.05, 3.63) is 82.9 Å². The van der Waals surface area contributed by atoms with Crippen LogP contribution in [0, 0.1) is 22.7 Å². The highest BCUT2D eigenvalue weighted by molar-refractivity contribution is 5.94. The van der Waals surface area contributed by atoms with Gasteiger partial charge in [-0.1, -0.05) is 62.4 Å². The number of nitrogens with one attached hydrogen (secondary N) is 1. The highest BCUT2D eigenvalue weighted by atomic mass is 16.6. The number of amides is 1. The molecule has 0 saturated heterocycles. The Kier molecular flexibility index (Phi) is 11.3. The lowest BCUT2D eigenvalue weighted by Gasteiger charge is -2.68. The van der Waals surface area contributed by atoms with Crippen LogP contribution >= 0.6 is 0 Å². The van der Waals surface area contributed by atoms with Gasteiger partial charge in [-0.15, -0.1) is 0 Å². The third kappa shape index (κ3) is 7.11. The van der Waals surface area contributed by atoms with Crippen molar-refractivity contribution in [2.45, 2.75) is 134 Å². The zero-order valence-corrected chi connectivity index (χ0v) is 34.2. The molecule has 2 aromatic rings. The van der Waals surface area contributed by atoms with E-state index >= 15 is 0 Å². The average Bonchev–Trinajstić information content (AvgIpc) is 3.14. The molecule has 0 spiro atoms. The van der Waals surface area contributed by atoms with Crippen LogP contribution < -0.4 is 5.32 Å². The van der Waals surface area contributed by atoms with Crippen LogP contribution in [0.3, 0.4) is 0 Å². The van der Waals surface area contributed by atoms with Crippen LogP contribution in [0.4, 0.5) is 4.79 Å². The third-order valence-corrected chi connectivity index (χ3v) is 13.2. The first kappa shape index (κ1) is 43.0. The summed E-state index contributed by atoms with van der Waals surface area (Å²) in [7, 11) is 0. The molecule has 3 fully saturated rings. The molecule has 14 nitrogen and oxygen atoms in total. The fourth-order valence-corrected chi connectivity index (χ4v) is 10.1. The van der Waals surface area contributed by atoms with E-state index in [0.717, 1.165) is 0 Å². The molecule has 3 saturated carbocycles. The topological polar surface area (TPSA) is 215 Å². The van der Waals surface area contributed by atoms with Crippen molar-refractivity contribution >= 4 is 29.8 Å². The molecule has 0 aromatic heterocycles. The smallest absolute Gasteiger partial charge is 0.408 e. The van der Waals surface area contributed by atoms with Gasteiger partial charge in [0.1, 0.15) is 35.1 Å². The van der Waals surface area contributed by atoms with Gasteiger partial charge in [0.25, 0.3) is 0 Å². The molecule has 0 heterocycles. The second-order valence-electron chi connectivity index (χ2n) is 18.0. The summed E-state index contributed by atoms with van der Waals surface area (Å²) in [6.07, 6.45) is -9.22.